The molecule has 0 aromatic heterocycles. The van der Waals surface area contributed by atoms with Gasteiger partial charge < -0.3 is 30.7 Å². The average molecular weight is 619 g/mol. The number of carbonyl (C=O) groups is 5. The van der Waals surface area contributed by atoms with Crippen LogP contribution >= 0.6 is 0 Å². The summed E-state index contributed by atoms with van der Waals surface area (Å²) in [6.45, 7) is 5.69. The Balaban J connectivity index is 0.000000330. The number of nitrogens with one attached hydrogen (secondary N) is 4. The zero-order valence-corrected chi connectivity index (χ0v) is 26.3. The number of hydrogen-bond donors (Lipinski definition) is 4. The van der Waals surface area contributed by atoms with Crippen LogP contribution in [0.4, 0.5) is 0 Å². The lowest BCUT2D eigenvalue weighted by Gasteiger charge is -2.16. The van der Waals surface area contributed by atoms with Gasteiger partial charge in [0, 0.05) is 52.3 Å². The molecule has 0 saturated carbocycles. The summed E-state index contributed by atoms with van der Waals surface area (Å²) in [6.07, 6.45) is 0. The Bertz CT molecular complexity index is 1390. The van der Waals surface area contributed by atoms with Crippen molar-refractivity contribution in [2.75, 3.05) is 27.4 Å². The van der Waals surface area contributed by atoms with Crippen molar-refractivity contribution in [1.29, 1.82) is 0 Å². The Morgan fingerprint density at radius 2 is 1.00 bits per heavy atom. The summed E-state index contributed by atoms with van der Waals surface area (Å²) in [7, 11) is 2.95. The lowest BCUT2D eigenvalue weighted by atomic mass is 10.0. The first kappa shape index (κ1) is 36.3. The third-order valence-corrected chi connectivity index (χ3v) is 6.36. The first-order chi connectivity index (χ1) is 21.5. The highest BCUT2D eigenvalue weighted by Crippen LogP contribution is 2.11. The van der Waals surface area contributed by atoms with Crippen molar-refractivity contribution >= 4 is 29.4 Å². The summed E-state index contributed by atoms with van der Waals surface area (Å²) in [5, 5.41) is 10.6. The summed E-state index contributed by atoms with van der Waals surface area (Å²) in [6, 6.07) is 22.6. The molecule has 0 bridgehead atoms. The minimum Gasteiger partial charge on any atom is -0.382 e. The summed E-state index contributed by atoms with van der Waals surface area (Å²) in [5.41, 5.74) is 4.25. The number of amides is 4. The Labute approximate surface area is 264 Å². The molecule has 0 aliphatic rings. The number of ether oxygens (including phenoxy) is 2. The van der Waals surface area contributed by atoms with Crippen molar-refractivity contribution < 1.29 is 33.4 Å². The van der Waals surface area contributed by atoms with Gasteiger partial charge >= 0.3 is 0 Å². The van der Waals surface area contributed by atoms with E-state index in [1.807, 2.05) is 49.4 Å². The highest BCUT2D eigenvalue weighted by molar-refractivity contribution is 6.08. The maximum atomic E-state index is 12.4. The fourth-order valence-electron chi connectivity index (χ4n) is 4.05. The monoisotopic (exact) mass is 618 g/mol. The normalized spacial score (nSPS) is 11.6. The van der Waals surface area contributed by atoms with E-state index in [0.717, 1.165) is 11.1 Å². The predicted molar refractivity (Wildman–Crippen MR) is 170 cm³/mol. The van der Waals surface area contributed by atoms with E-state index in [2.05, 4.69) is 21.3 Å². The zero-order chi connectivity index (χ0) is 33.2. The molecule has 0 aliphatic heterocycles. The number of benzene rings is 3. The molecule has 4 N–H and O–H groups in total. The number of hydrogen-bond acceptors (Lipinski definition) is 7. The van der Waals surface area contributed by atoms with Crippen LogP contribution in [0.25, 0.3) is 0 Å². The van der Waals surface area contributed by atoms with E-state index in [1.54, 1.807) is 36.4 Å². The van der Waals surface area contributed by atoms with Gasteiger partial charge in [0.15, 0.2) is 5.78 Å². The topological polar surface area (TPSA) is 152 Å². The molecule has 3 aromatic carbocycles. The first-order valence-electron chi connectivity index (χ1n) is 14.4. The number of carbonyl (C=O) groups excluding carboxylic acids is 5. The Morgan fingerprint density at radius 1 is 0.600 bits per heavy atom. The molecular weight excluding hydrogens is 576 g/mol. The summed E-state index contributed by atoms with van der Waals surface area (Å²) in [5.74, 6) is -1.19. The summed E-state index contributed by atoms with van der Waals surface area (Å²) >= 11 is 0. The van der Waals surface area contributed by atoms with Crippen LogP contribution in [0.2, 0.25) is 0 Å². The molecular formula is C34H42N4O7. The summed E-state index contributed by atoms with van der Waals surface area (Å²) < 4.78 is 9.87. The second-order valence-electron chi connectivity index (χ2n) is 10.2. The molecule has 2 atom stereocenters. The van der Waals surface area contributed by atoms with E-state index in [0.29, 0.717) is 24.2 Å². The lowest BCUT2D eigenvalue weighted by Crippen LogP contribution is -2.48. The van der Waals surface area contributed by atoms with Crippen LogP contribution in [0.3, 0.4) is 0 Å². The molecule has 0 heterocycles. The third-order valence-electron chi connectivity index (χ3n) is 6.36. The van der Waals surface area contributed by atoms with Crippen LogP contribution in [-0.4, -0.2) is 68.9 Å². The van der Waals surface area contributed by atoms with Crippen molar-refractivity contribution in [3.05, 3.63) is 107 Å². The van der Waals surface area contributed by atoms with Crippen LogP contribution in [0.5, 0.6) is 0 Å². The fraction of sp³-hybridized carbons (Fsp3) is 0.324. The SMILES string of the molecule is COC[C@@H](NC(C)=O)C(=O)NCc1ccc(C(=O)c2ccccc2)cc1.COC[C@@H](NC(C)=O)C(=O)NCc1ccc(C)cc1. The molecule has 0 aliphatic carbocycles. The molecule has 0 saturated heterocycles. The summed E-state index contributed by atoms with van der Waals surface area (Å²) in [4.78, 5) is 58.6. The van der Waals surface area contributed by atoms with E-state index in [1.165, 1.54) is 33.6 Å². The smallest absolute Gasteiger partial charge is 0.245 e. The average Bonchev–Trinajstić information content (AvgIpc) is 3.03. The van der Waals surface area contributed by atoms with Gasteiger partial charge in [0.25, 0.3) is 0 Å². The van der Waals surface area contributed by atoms with E-state index in [4.69, 9.17) is 9.47 Å². The molecule has 4 amide bonds. The first-order valence-corrected chi connectivity index (χ1v) is 14.4. The Hall–Kier alpha value is -4.87. The standard InChI is InChI=1S/C20H22N2O4.C14H20N2O3/c1-14(23)22-18(13-26-2)20(25)21-12-15-8-10-17(11-9-15)19(24)16-6-4-3-5-7-16;1-10-4-6-12(7-5-10)8-15-14(18)13(9-19-3)16-11(2)17/h3-11,18H,12-13H2,1-2H3,(H,21,25)(H,22,23);4-7,13H,8-9H2,1-3H3,(H,15,18)(H,16,17)/t18-;13-/m11/s1. The van der Waals surface area contributed by atoms with Gasteiger partial charge in [-0.05, 0) is 18.1 Å². The van der Waals surface area contributed by atoms with Crippen LogP contribution in [0.1, 0.15) is 46.5 Å². The van der Waals surface area contributed by atoms with Gasteiger partial charge in [-0.25, -0.2) is 0 Å². The van der Waals surface area contributed by atoms with E-state index in [-0.39, 0.29) is 42.6 Å². The highest BCUT2D eigenvalue weighted by atomic mass is 16.5. The second-order valence-corrected chi connectivity index (χ2v) is 10.2. The molecule has 0 radical (unpaired) electrons. The second kappa shape index (κ2) is 19.4. The Morgan fingerprint density at radius 3 is 1.40 bits per heavy atom. The van der Waals surface area contributed by atoms with Crippen LogP contribution in [0, 0.1) is 6.92 Å². The van der Waals surface area contributed by atoms with E-state index >= 15 is 0 Å². The maximum Gasteiger partial charge on any atom is 0.245 e. The van der Waals surface area contributed by atoms with Crippen LogP contribution < -0.4 is 21.3 Å². The van der Waals surface area contributed by atoms with Gasteiger partial charge in [0.1, 0.15) is 12.1 Å². The van der Waals surface area contributed by atoms with Gasteiger partial charge in [-0.1, -0.05) is 84.4 Å². The van der Waals surface area contributed by atoms with Crippen molar-refractivity contribution in [1.82, 2.24) is 21.3 Å². The van der Waals surface area contributed by atoms with Crippen molar-refractivity contribution in [3.63, 3.8) is 0 Å². The van der Waals surface area contributed by atoms with Gasteiger partial charge in [-0.15, -0.1) is 0 Å². The molecule has 0 unspecified atom stereocenters. The molecule has 11 heteroatoms. The molecule has 11 nitrogen and oxygen atoms in total. The molecule has 240 valence electrons. The van der Waals surface area contributed by atoms with Crippen molar-refractivity contribution in [3.8, 4) is 0 Å². The number of ketones is 1. The van der Waals surface area contributed by atoms with E-state index < -0.39 is 12.1 Å². The van der Waals surface area contributed by atoms with Crippen LogP contribution in [0.15, 0.2) is 78.9 Å². The molecule has 3 aromatic rings. The third kappa shape index (κ3) is 13.5. The Kier molecular flexibility index (Phi) is 15.7. The van der Waals surface area contributed by atoms with Gasteiger partial charge in [0.05, 0.1) is 13.2 Å². The van der Waals surface area contributed by atoms with Gasteiger partial charge in [-0.2, -0.15) is 0 Å². The fourth-order valence-corrected chi connectivity index (χ4v) is 4.05. The number of aryl methyl sites for hydroxylation is 1. The van der Waals surface area contributed by atoms with E-state index in [9.17, 15) is 24.0 Å². The molecule has 3 rings (SSSR count). The zero-order valence-electron chi connectivity index (χ0n) is 26.3. The van der Waals surface area contributed by atoms with Crippen molar-refractivity contribution in [2.24, 2.45) is 0 Å². The predicted octanol–water partition coefficient (Wildman–Crippen LogP) is 2.45. The molecule has 45 heavy (non-hydrogen) atoms. The van der Waals surface area contributed by atoms with Crippen molar-refractivity contribution in [2.45, 2.75) is 45.9 Å². The highest BCUT2D eigenvalue weighted by Gasteiger charge is 2.20. The molecule has 0 fully saturated rings. The maximum absolute atomic E-state index is 12.4. The quantitative estimate of drug-likeness (QED) is 0.203. The number of methoxy groups -OCH3 is 2. The minimum atomic E-state index is -0.739. The van der Waals surface area contributed by atoms with Gasteiger partial charge in [-0.3, -0.25) is 24.0 Å². The van der Waals surface area contributed by atoms with Crippen LogP contribution in [-0.2, 0) is 41.7 Å². The van der Waals surface area contributed by atoms with Gasteiger partial charge in [0.2, 0.25) is 23.6 Å². The lowest BCUT2D eigenvalue weighted by molar-refractivity contribution is -0.129. The largest absolute Gasteiger partial charge is 0.382 e. The molecule has 0 spiro atoms. The number of rotatable bonds is 14. The minimum absolute atomic E-state index is 0.0491.